The normalized spacial score (nSPS) is 11.2. The van der Waals surface area contributed by atoms with E-state index in [2.05, 4.69) is 194 Å². The molecule has 83 heavy (non-hydrogen) atoms. The topological polar surface area (TPSA) is 103 Å². The molecule has 0 spiro atoms. The SMILES string of the molecule is Brc1ccc2nn(-c3ccccc3)nc2c1.c1ccc(-c2ccccc2N(c2ccc3nn(-c4ccccc4)nc3c2)c2ccc3oc4ccccc4c3c2)cc1.c1ccc(-c2ccccc2Nc2ccc3oc4ccccc4c3c2)cc1. The number of aromatic nitrogens is 6. The lowest BCUT2D eigenvalue weighted by atomic mass is 10.0. The molecule has 0 aliphatic heterocycles. The van der Waals surface area contributed by atoms with E-state index in [1.807, 2.05) is 133 Å². The molecule has 0 amide bonds. The van der Waals surface area contributed by atoms with Crippen LogP contribution >= 0.6 is 15.9 Å². The first-order chi connectivity index (χ1) is 41.0. The molecule has 0 saturated carbocycles. The van der Waals surface area contributed by atoms with Crippen molar-refractivity contribution < 1.29 is 8.83 Å². The van der Waals surface area contributed by atoms with Crippen molar-refractivity contribution >= 4 is 110 Å². The zero-order chi connectivity index (χ0) is 55.5. The predicted molar refractivity (Wildman–Crippen MR) is 342 cm³/mol. The van der Waals surface area contributed by atoms with E-state index in [1.54, 1.807) is 9.59 Å². The predicted octanol–water partition coefficient (Wildman–Crippen LogP) is 19.6. The lowest BCUT2D eigenvalue weighted by molar-refractivity contribution is 0.668. The molecule has 396 valence electrons. The first-order valence-corrected chi connectivity index (χ1v) is 28.0. The molecule has 0 aliphatic rings. The molecule has 1 N–H and O–H groups in total. The lowest BCUT2D eigenvalue weighted by Gasteiger charge is -2.28. The quantitative estimate of drug-likeness (QED) is 0.152. The van der Waals surface area contributed by atoms with Crippen LogP contribution in [0.1, 0.15) is 0 Å². The summed E-state index contributed by atoms with van der Waals surface area (Å²) in [6.45, 7) is 0. The minimum atomic E-state index is 0.823. The first kappa shape index (κ1) is 50.3. The number of fused-ring (bicyclic) bond motifs is 8. The van der Waals surface area contributed by atoms with Crippen LogP contribution in [0.2, 0.25) is 0 Å². The van der Waals surface area contributed by atoms with Crippen LogP contribution in [0.3, 0.4) is 0 Å². The summed E-state index contributed by atoms with van der Waals surface area (Å²) in [5, 5.41) is 26.4. The molecule has 0 bridgehead atoms. The van der Waals surface area contributed by atoms with Gasteiger partial charge in [-0.05, 0) is 132 Å². The van der Waals surface area contributed by atoms with Crippen LogP contribution in [0.25, 0.3) is 99.6 Å². The minimum Gasteiger partial charge on any atom is -0.456 e. The molecule has 0 unspecified atom stereocenters. The van der Waals surface area contributed by atoms with Crippen molar-refractivity contribution in [2.24, 2.45) is 0 Å². The highest BCUT2D eigenvalue weighted by atomic mass is 79.9. The molecule has 12 aromatic carbocycles. The van der Waals surface area contributed by atoms with E-state index in [-0.39, 0.29) is 0 Å². The lowest BCUT2D eigenvalue weighted by Crippen LogP contribution is -2.11. The minimum absolute atomic E-state index is 0.823. The van der Waals surface area contributed by atoms with Crippen LogP contribution in [0.15, 0.2) is 304 Å². The largest absolute Gasteiger partial charge is 0.456 e. The fraction of sp³-hybridized carbons (Fsp3) is 0. The molecule has 0 fully saturated rings. The second-order valence-electron chi connectivity index (χ2n) is 19.8. The zero-order valence-electron chi connectivity index (χ0n) is 44.5. The number of hydrogen-bond acceptors (Lipinski definition) is 8. The number of furan rings is 2. The molecule has 16 aromatic rings. The summed E-state index contributed by atoms with van der Waals surface area (Å²) in [4.78, 5) is 5.64. The maximum Gasteiger partial charge on any atom is 0.135 e. The van der Waals surface area contributed by atoms with E-state index in [9.17, 15) is 0 Å². The van der Waals surface area contributed by atoms with E-state index in [1.165, 1.54) is 11.1 Å². The number of nitrogens with zero attached hydrogens (tertiary/aromatic N) is 7. The van der Waals surface area contributed by atoms with E-state index < -0.39 is 0 Å². The highest BCUT2D eigenvalue weighted by molar-refractivity contribution is 9.10. The van der Waals surface area contributed by atoms with E-state index in [0.717, 1.165) is 121 Å². The highest BCUT2D eigenvalue weighted by Gasteiger charge is 2.20. The number of halogens is 1. The van der Waals surface area contributed by atoms with Gasteiger partial charge in [0.15, 0.2) is 0 Å². The maximum atomic E-state index is 6.15. The Balaban J connectivity index is 0.000000124. The molecule has 4 heterocycles. The summed E-state index contributed by atoms with van der Waals surface area (Å²) >= 11 is 3.42. The summed E-state index contributed by atoms with van der Waals surface area (Å²) in [6.07, 6.45) is 0. The van der Waals surface area contributed by atoms with Crippen molar-refractivity contribution in [3.05, 3.63) is 296 Å². The van der Waals surface area contributed by atoms with Crippen LogP contribution in [-0.2, 0) is 0 Å². The van der Waals surface area contributed by atoms with Crippen molar-refractivity contribution in [1.29, 1.82) is 0 Å². The Morgan fingerprint density at radius 1 is 0.337 bits per heavy atom. The molecule has 10 nitrogen and oxygen atoms in total. The van der Waals surface area contributed by atoms with Gasteiger partial charge in [0.05, 0.1) is 17.1 Å². The van der Waals surface area contributed by atoms with Gasteiger partial charge in [0, 0.05) is 59.9 Å². The van der Waals surface area contributed by atoms with Crippen molar-refractivity contribution in [2.75, 3.05) is 10.2 Å². The van der Waals surface area contributed by atoms with Gasteiger partial charge in [0.25, 0.3) is 0 Å². The molecule has 11 heteroatoms. The third kappa shape index (κ3) is 10.4. The Kier molecular flexibility index (Phi) is 13.5. The fourth-order valence-corrected chi connectivity index (χ4v) is 10.9. The maximum absolute atomic E-state index is 6.15. The molecular formula is C72H49BrN8O2. The summed E-state index contributed by atoms with van der Waals surface area (Å²) in [5.41, 5.74) is 18.8. The number of anilines is 5. The smallest absolute Gasteiger partial charge is 0.135 e. The fourth-order valence-electron chi connectivity index (χ4n) is 10.5. The van der Waals surface area contributed by atoms with Crippen LogP contribution in [0, 0.1) is 0 Å². The van der Waals surface area contributed by atoms with Gasteiger partial charge in [0.2, 0.25) is 0 Å². The molecular weight excluding hydrogens is 1090 g/mol. The Morgan fingerprint density at radius 2 is 0.783 bits per heavy atom. The molecule has 0 atom stereocenters. The van der Waals surface area contributed by atoms with Crippen LogP contribution in [0.5, 0.6) is 0 Å². The molecule has 4 aromatic heterocycles. The Labute approximate surface area is 485 Å². The van der Waals surface area contributed by atoms with Crippen LogP contribution < -0.4 is 10.2 Å². The average Bonchev–Trinajstić information content (AvgIpc) is 4.48. The molecule has 0 aliphatic carbocycles. The van der Waals surface area contributed by atoms with Gasteiger partial charge >= 0.3 is 0 Å². The van der Waals surface area contributed by atoms with Crippen LogP contribution in [0.4, 0.5) is 28.4 Å². The summed E-state index contributed by atoms with van der Waals surface area (Å²) in [6, 6.07) is 98.8. The second kappa shape index (κ2) is 22.3. The van der Waals surface area contributed by atoms with E-state index in [0.29, 0.717) is 0 Å². The van der Waals surface area contributed by atoms with Gasteiger partial charge < -0.3 is 19.1 Å². The molecule has 0 radical (unpaired) electrons. The third-order valence-electron chi connectivity index (χ3n) is 14.5. The third-order valence-corrected chi connectivity index (χ3v) is 14.9. The first-order valence-electron chi connectivity index (χ1n) is 27.2. The van der Waals surface area contributed by atoms with Crippen molar-refractivity contribution in [3.8, 4) is 33.6 Å². The van der Waals surface area contributed by atoms with Gasteiger partial charge in [0.1, 0.15) is 44.4 Å². The van der Waals surface area contributed by atoms with E-state index in [4.69, 9.17) is 19.0 Å². The number of benzene rings is 12. The average molecular weight is 1140 g/mol. The highest BCUT2D eigenvalue weighted by Crippen LogP contribution is 2.43. The standard InChI is InChI=1S/C36H24N4O.C24H17NO.C12H8BrN3/c1-3-11-25(12-4-1)29-15-7-9-17-34(29)39(27-20-22-36-31(23-27)30-16-8-10-18-35(30)41-36)28-19-21-32-33(24-28)38-40(37-32)26-13-5-2-6-14-26;1-2-8-17(9-3-1)19-10-4-6-12-22(19)25-18-14-15-24-21(16-18)20-11-5-7-13-23(20)26-24;13-9-6-7-11-12(8-9)15-16(14-11)10-4-2-1-3-5-10/h1-24H;1-16,25H;1-8H. The Hall–Kier alpha value is -10.9. The number of hydrogen-bond donors (Lipinski definition) is 1. The van der Waals surface area contributed by atoms with Gasteiger partial charge in [-0.15, -0.1) is 20.4 Å². The Bertz CT molecular complexity index is 4920. The summed E-state index contributed by atoms with van der Waals surface area (Å²) < 4.78 is 13.1. The monoisotopic (exact) mass is 1140 g/mol. The molecule has 0 saturated heterocycles. The van der Waals surface area contributed by atoms with Crippen molar-refractivity contribution in [2.45, 2.75) is 0 Å². The second-order valence-corrected chi connectivity index (χ2v) is 20.7. The van der Waals surface area contributed by atoms with Gasteiger partial charge in [-0.1, -0.05) is 186 Å². The summed E-state index contributed by atoms with van der Waals surface area (Å²) in [5.74, 6) is 0. The van der Waals surface area contributed by atoms with Gasteiger partial charge in [-0.25, -0.2) is 0 Å². The van der Waals surface area contributed by atoms with E-state index >= 15 is 0 Å². The van der Waals surface area contributed by atoms with Gasteiger partial charge in [-0.2, -0.15) is 9.59 Å². The number of rotatable bonds is 9. The molecule has 16 rings (SSSR count). The van der Waals surface area contributed by atoms with Gasteiger partial charge in [-0.3, -0.25) is 0 Å². The van der Waals surface area contributed by atoms with Crippen molar-refractivity contribution in [1.82, 2.24) is 30.0 Å². The number of nitrogens with one attached hydrogen (secondary N) is 1. The Morgan fingerprint density at radius 3 is 1.42 bits per heavy atom. The summed E-state index contributed by atoms with van der Waals surface area (Å²) in [7, 11) is 0. The zero-order valence-corrected chi connectivity index (χ0v) is 46.1. The van der Waals surface area contributed by atoms with Crippen LogP contribution in [-0.4, -0.2) is 30.0 Å². The van der Waals surface area contributed by atoms with Crippen molar-refractivity contribution in [3.63, 3.8) is 0 Å². The number of para-hydroxylation sites is 6.